The Kier molecular flexibility index (Phi) is 6.64. The molecule has 0 radical (unpaired) electrons. The minimum Gasteiger partial charge on any atom is -0.508 e. The van der Waals surface area contributed by atoms with Crippen LogP contribution in [0.15, 0.2) is 54.6 Å². The molecule has 1 amide bonds. The number of amides is 1. The number of piperidine rings is 1. The van der Waals surface area contributed by atoms with Crippen molar-refractivity contribution in [3.05, 3.63) is 65.7 Å². The SMILES string of the molecule is COc1cccc([C@@]23CCN(CC4CC4)C[C@H]2CC[C@@H](NC(=O)C=Cc2cccc(O)c2)C3)c1. The molecule has 3 atom stereocenters. The van der Waals surface area contributed by atoms with Crippen LogP contribution in [0, 0.1) is 11.8 Å². The molecule has 34 heavy (non-hydrogen) atoms. The molecule has 1 aliphatic heterocycles. The highest BCUT2D eigenvalue weighted by Gasteiger charge is 2.48. The molecule has 2 N–H and O–H groups in total. The molecule has 2 saturated carbocycles. The zero-order valence-electron chi connectivity index (χ0n) is 20.1. The molecule has 0 unspecified atom stereocenters. The maximum atomic E-state index is 12.8. The van der Waals surface area contributed by atoms with E-state index in [1.165, 1.54) is 24.9 Å². The summed E-state index contributed by atoms with van der Waals surface area (Å²) in [7, 11) is 1.73. The number of nitrogens with one attached hydrogen (secondary N) is 1. The van der Waals surface area contributed by atoms with E-state index in [1.807, 2.05) is 12.1 Å². The van der Waals surface area contributed by atoms with Crippen molar-refractivity contribution in [2.45, 2.75) is 50.0 Å². The number of hydrogen-bond donors (Lipinski definition) is 2. The summed E-state index contributed by atoms with van der Waals surface area (Å²) >= 11 is 0. The van der Waals surface area contributed by atoms with Gasteiger partial charge in [-0.05, 0) is 98.4 Å². The van der Waals surface area contributed by atoms with E-state index in [1.54, 1.807) is 37.5 Å². The lowest BCUT2D eigenvalue weighted by molar-refractivity contribution is -0.117. The van der Waals surface area contributed by atoms with Gasteiger partial charge in [-0.25, -0.2) is 0 Å². The second-order valence-corrected chi connectivity index (χ2v) is 10.5. The molecule has 5 nitrogen and oxygen atoms in total. The number of phenolic OH excluding ortho intramolecular Hbond substituents is 1. The molecule has 5 heteroatoms. The average molecular weight is 461 g/mol. The summed E-state index contributed by atoms with van der Waals surface area (Å²) in [5.41, 5.74) is 2.24. The predicted molar refractivity (Wildman–Crippen MR) is 135 cm³/mol. The quantitative estimate of drug-likeness (QED) is 0.585. The van der Waals surface area contributed by atoms with Crippen molar-refractivity contribution in [2.24, 2.45) is 11.8 Å². The fourth-order valence-electron chi connectivity index (χ4n) is 6.15. The van der Waals surface area contributed by atoms with E-state index in [9.17, 15) is 9.90 Å². The second kappa shape index (κ2) is 9.83. The van der Waals surface area contributed by atoms with E-state index in [4.69, 9.17) is 4.74 Å². The summed E-state index contributed by atoms with van der Waals surface area (Å²) in [6, 6.07) is 15.7. The van der Waals surface area contributed by atoms with Crippen LogP contribution in [0.5, 0.6) is 11.5 Å². The Morgan fingerprint density at radius 1 is 1.18 bits per heavy atom. The maximum Gasteiger partial charge on any atom is 0.244 e. The molecule has 5 rings (SSSR count). The third-order valence-corrected chi connectivity index (χ3v) is 8.11. The molecular weight excluding hydrogens is 424 g/mol. The molecule has 2 aromatic rings. The number of aromatic hydroxyl groups is 1. The highest BCUT2D eigenvalue weighted by atomic mass is 16.5. The Morgan fingerprint density at radius 2 is 2.03 bits per heavy atom. The molecule has 1 saturated heterocycles. The third-order valence-electron chi connectivity index (χ3n) is 8.11. The van der Waals surface area contributed by atoms with Gasteiger partial charge in [-0.2, -0.15) is 0 Å². The average Bonchev–Trinajstić information content (AvgIpc) is 3.67. The van der Waals surface area contributed by atoms with Crippen molar-refractivity contribution in [3.63, 3.8) is 0 Å². The van der Waals surface area contributed by atoms with Crippen LogP contribution in [0.1, 0.15) is 49.7 Å². The first-order valence-corrected chi connectivity index (χ1v) is 12.7. The normalized spacial score (nSPS) is 27.3. The molecule has 0 bridgehead atoms. The molecule has 0 aromatic heterocycles. The largest absolute Gasteiger partial charge is 0.508 e. The summed E-state index contributed by atoms with van der Waals surface area (Å²) in [6.45, 7) is 3.54. The Hall–Kier alpha value is -2.79. The zero-order chi connectivity index (χ0) is 23.5. The van der Waals surface area contributed by atoms with E-state index >= 15 is 0 Å². The van der Waals surface area contributed by atoms with Gasteiger partial charge in [0, 0.05) is 30.6 Å². The summed E-state index contributed by atoms with van der Waals surface area (Å²) in [5.74, 6) is 2.56. The molecule has 3 fully saturated rings. The van der Waals surface area contributed by atoms with Gasteiger partial charge in [0.2, 0.25) is 5.91 Å². The predicted octanol–water partition coefficient (Wildman–Crippen LogP) is 4.75. The van der Waals surface area contributed by atoms with Crippen molar-refractivity contribution in [2.75, 3.05) is 26.7 Å². The van der Waals surface area contributed by atoms with Gasteiger partial charge in [-0.1, -0.05) is 24.3 Å². The van der Waals surface area contributed by atoms with Crippen LogP contribution >= 0.6 is 0 Å². The molecule has 3 aliphatic rings. The van der Waals surface area contributed by atoms with Gasteiger partial charge in [-0.15, -0.1) is 0 Å². The lowest BCUT2D eigenvalue weighted by atomic mass is 9.58. The minimum atomic E-state index is -0.0706. The smallest absolute Gasteiger partial charge is 0.244 e. The van der Waals surface area contributed by atoms with Crippen LogP contribution in [0.4, 0.5) is 0 Å². The molecule has 2 aliphatic carbocycles. The van der Waals surface area contributed by atoms with Crippen LogP contribution in [0.3, 0.4) is 0 Å². The van der Waals surface area contributed by atoms with Crippen molar-refractivity contribution in [3.8, 4) is 11.5 Å². The molecule has 2 aromatic carbocycles. The van der Waals surface area contributed by atoms with E-state index in [2.05, 4.69) is 28.4 Å². The first kappa shape index (κ1) is 23.0. The highest BCUT2D eigenvalue weighted by Crippen LogP contribution is 2.50. The number of fused-ring (bicyclic) bond motifs is 1. The van der Waals surface area contributed by atoms with E-state index in [-0.39, 0.29) is 23.1 Å². The molecule has 0 spiro atoms. The maximum absolute atomic E-state index is 12.8. The van der Waals surface area contributed by atoms with Crippen molar-refractivity contribution >= 4 is 12.0 Å². The summed E-state index contributed by atoms with van der Waals surface area (Å²) < 4.78 is 5.57. The van der Waals surface area contributed by atoms with Gasteiger partial charge in [-0.3, -0.25) is 4.79 Å². The standard InChI is InChI=1S/C29H36N2O3/c1-34-27-7-3-5-23(17-27)29-14-15-31(19-22-8-9-22)20-24(29)11-12-25(18-29)30-28(33)13-10-21-4-2-6-26(32)16-21/h2-7,10,13,16-17,22,24-25,32H,8-9,11-12,14-15,18-20H2,1H3,(H,30,33)/t24-,25-,29+/m1/s1. The van der Waals surface area contributed by atoms with Crippen LogP contribution in [-0.2, 0) is 10.2 Å². The minimum absolute atomic E-state index is 0.0692. The van der Waals surface area contributed by atoms with Crippen molar-refractivity contribution in [1.29, 1.82) is 0 Å². The van der Waals surface area contributed by atoms with E-state index < -0.39 is 0 Å². The topological polar surface area (TPSA) is 61.8 Å². The first-order chi connectivity index (χ1) is 16.5. The Morgan fingerprint density at radius 3 is 2.82 bits per heavy atom. The van der Waals surface area contributed by atoms with Gasteiger partial charge < -0.3 is 20.1 Å². The van der Waals surface area contributed by atoms with E-state index in [0.717, 1.165) is 56.0 Å². The fourth-order valence-corrected chi connectivity index (χ4v) is 6.15. The number of carbonyl (C=O) groups is 1. The second-order valence-electron chi connectivity index (χ2n) is 10.5. The Bertz CT molecular complexity index is 1050. The molecular formula is C29H36N2O3. The van der Waals surface area contributed by atoms with Crippen LogP contribution in [-0.4, -0.2) is 48.7 Å². The molecule has 180 valence electrons. The summed E-state index contributed by atoms with van der Waals surface area (Å²) in [6.07, 6.45) is 10.4. The lowest BCUT2D eigenvalue weighted by Gasteiger charge is -2.53. The number of ether oxygens (including phenoxy) is 1. The third kappa shape index (κ3) is 5.15. The van der Waals surface area contributed by atoms with Gasteiger partial charge in [0.15, 0.2) is 0 Å². The number of carbonyl (C=O) groups excluding carboxylic acids is 1. The zero-order valence-corrected chi connectivity index (χ0v) is 20.1. The number of nitrogens with zero attached hydrogens (tertiary/aromatic N) is 1. The number of phenols is 1. The number of benzene rings is 2. The van der Waals surface area contributed by atoms with Crippen LogP contribution in [0.25, 0.3) is 6.08 Å². The number of methoxy groups -OCH3 is 1. The Labute approximate surface area is 202 Å². The van der Waals surface area contributed by atoms with Crippen molar-refractivity contribution in [1.82, 2.24) is 10.2 Å². The summed E-state index contributed by atoms with van der Waals surface area (Å²) in [5, 5.41) is 12.9. The number of rotatable bonds is 7. The van der Waals surface area contributed by atoms with Crippen LogP contribution in [0.2, 0.25) is 0 Å². The Balaban J connectivity index is 1.32. The first-order valence-electron chi connectivity index (χ1n) is 12.7. The van der Waals surface area contributed by atoms with Crippen molar-refractivity contribution < 1.29 is 14.6 Å². The van der Waals surface area contributed by atoms with Gasteiger partial charge in [0.25, 0.3) is 0 Å². The number of likely N-dealkylation sites (tertiary alicyclic amines) is 1. The highest BCUT2D eigenvalue weighted by molar-refractivity contribution is 5.92. The van der Waals surface area contributed by atoms with E-state index in [0.29, 0.717) is 5.92 Å². The van der Waals surface area contributed by atoms with Gasteiger partial charge in [0.05, 0.1) is 7.11 Å². The number of hydrogen-bond acceptors (Lipinski definition) is 4. The lowest BCUT2D eigenvalue weighted by Crippen LogP contribution is -2.56. The van der Waals surface area contributed by atoms with Crippen LogP contribution < -0.4 is 10.1 Å². The van der Waals surface area contributed by atoms with Gasteiger partial charge in [0.1, 0.15) is 11.5 Å². The summed E-state index contributed by atoms with van der Waals surface area (Å²) in [4.78, 5) is 15.5. The monoisotopic (exact) mass is 460 g/mol. The fraction of sp³-hybridized carbons (Fsp3) is 0.483. The van der Waals surface area contributed by atoms with Gasteiger partial charge >= 0.3 is 0 Å². The molecule has 1 heterocycles.